The number of hydrogen-bond acceptors (Lipinski definition) is 8. The maximum absolute atomic E-state index is 6.19. The molecule has 1 aromatic carbocycles. The zero-order chi connectivity index (χ0) is 20.9. The first-order chi connectivity index (χ1) is 15.2. The van der Waals surface area contributed by atoms with E-state index in [0.717, 1.165) is 46.4 Å². The van der Waals surface area contributed by atoms with Crippen LogP contribution in [0.2, 0.25) is 0 Å². The molecule has 0 aliphatic carbocycles. The molecule has 0 unspecified atom stereocenters. The number of nitrogens with zero attached hydrogens (tertiary/aromatic N) is 6. The second-order valence-corrected chi connectivity index (χ2v) is 8.71. The molecule has 0 radical (unpaired) electrons. The molecule has 0 saturated carbocycles. The summed E-state index contributed by atoms with van der Waals surface area (Å²) in [4.78, 5) is 15.5. The molecule has 2 atom stereocenters. The number of nitrogens with two attached hydrogens (primary N) is 1. The van der Waals surface area contributed by atoms with Crippen LogP contribution in [0.25, 0.3) is 33.5 Å². The third kappa shape index (κ3) is 3.21. The molecule has 154 valence electrons. The molecule has 2 aliphatic rings. The van der Waals surface area contributed by atoms with Crippen LogP contribution in [0.1, 0.15) is 6.42 Å². The Kier molecular flexibility index (Phi) is 4.32. The maximum Gasteiger partial charge on any atom is 0.165 e. The van der Waals surface area contributed by atoms with Crippen LogP contribution in [0.4, 0.5) is 11.6 Å². The van der Waals surface area contributed by atoms with Gasteiger partial charge in [0.05, 0.1) is 29.8 Å². The first-order valence-electron chi connectivity index (χ1n) is 10.1. The number of morpholine rings is 1. The average Bonchev–Trinajstić information content (AvgIpc) is 3.43. The summed E-state index contributed by atoms with van der Waals surface area (Å²) in [5.41, 5.74) is 9.98. The smallest absolute Gasteiger partial charge is 0.165 e. The Morgan fingerprint density at radius 1 is 1.06 bits per heavy atom. The number of fused-ring (bicyclic) bond motifs is 3. The van der Waals surface area contributed by atoms with E-state index in [1.54, 1.807) is 0 Å². The molecule has 2 saturated heterocycles. The highest BCUT2D eigenvalue weighted by molar-refractivity contribution is 9.10. The van der Waals surface area contributed by atoms with Gasteiger partial charge in [0.2, 0.25) is 0 Å². The van der Waals surface area contributed by atoms with E-state index in [-0.39, 0.29) is 0 Å². The molecule has 8 nitrogen and oxygen atoms in total. The molecule has 4 aromatic rings. The van der Waals surface area contributed by atoms with E-state index in [1.807, 2.05) is 42.5 Å². The summed E-state index contributed by atoms with van der Waals surface area (Å²) in [7, 11) is 0. The van der Waals surface area contributed by atoms with Gasteiger partial charge < -0.3 is 15.4 Å². The Morgan fingerprint density at radius 3 is 2.74 bits per heavy atom. The summed E-state index contributed by atoms with van der Waals surface area (Å²) < 4.78 is 6.66. The fourth-order valence-electron chi connectivity index (χ4n) is 4.40. The predicted molar refractivity (Wildman–Crippen MR) is 121 cm³/mol. The molecule has 3 aromatic heterocycles. The summed E-state index contributed by atoms with van der Waals surface area (Å²) >= 11 is 3.55. The van der Waals surface area contributed by atoms with Crippen molar-refractivity contribution in [1.29, 1.82) is 0 Å². The predicted octanol–water partition coefficient (Wildman–Crippen LogP) is 3.47. The fraction of sp³-hybridized carbons (Fsp3) is 0.227. The van der Waals surface area contributed by atoms with Crippen molar-refractivity contribution in [3.63, 3.8) is 0 Å². The van der Waals surface area contributed by atoms with Crippen molar-refractivity contribution in [2.45, 2.75) is 18.6 Å². The van der Waals surface area contributed by atoms with Crippen LogP contribution in [-0.4, -0.2) is 50.4 Å². The number of aromatic nitrogens is 5. The lowest BCUT2D eigenvalue weighted by Gasteiger charge is -2.27. The minimum Gasteiger partial charge on any atom is -0.383 e. The van der Waals surface area contributed by atoms with Crippen LogP contribution in [0.15, 0.2) is 53.3 Å². The Bertz CT molecular complexity index is 1300. The van der Waals surface area contributed by atoms with Crippen molar-refractivity contribution in [3.05, 3.63) is 53.3 Å². The van der Waals surface area contributed by atoms with Gasteiger partial charge in [0.1, 0.15) is 17.8 Å². The normalized spacial score (nSPS) is 20.0. The van der Waals surface area contributed by atoms with Crippen molar-refractivity contribution in [2.75, 3.05) is 23.8 Å². The molecule has 2 N–H and O–H groups in total. The van der Waals surface area contributed by atoms with E-state index in [0.29, 0.717) is 35.0 Å². The van der Waals surface area contributed by atoms with Gasteiger partial charge in [-0.1, -0.05) is 28.1 Å². The summed E-state index contributed by atoms with van der Waals surface area (Å²) in [6.07, 6.45) is 2.80. The quantitative estimate of drug-likeness (QED) is 0.480. The van der Waals surface area contributed by atoms with E-state index in [4.69, 9.17) is 15.5 Å². The average molecular weight is 476 g/mol. The number of ether oxygens (including phenoxy) is 1. The molecule has 2 bridgehead atoms. The standard InChI is InChI=1S/C22H18BrN7O/c23-13-3-1-2-12(6-13)16-8-18(27-22-20(16)21(24)25-11-26-22)17-4-5-19(29-28-17)30-9-15-7-14(30)10-31-15/h1-6,8,11,14-15H,7,9-10H2,(H2,24,25,26,27)/t14-,15-/m0/s1. The Balaban J connectivity index is 1.44. The topological polar surface area (TPSA) is 103 Å². The number of halogens is 1. The lowest BCUT2D eigenvalue weighted by Crippen LogP contribution is -2.37. The van der Waals surface area contributed by atoms with Gasteiger partial charge in [-0.3, -0.25) is 0 Å². The van der Waals surface area contributed by atoms with E-state index in [1.165, 1.54) is 6.33 Å². The number of rotatable bonds is 3. The molecule has 2 aliphatic heterocycles. The fourth-order valence-corrected chi connectivity index (χ4v) is 4.80. The van der Waals surface area contributed by atoms with E-state index in [2.05, 4.69) is 41.0 Å². The highest BCUT2D eigenvalue weighted by Crippen LogP contribution is 2.35. The summed E-state index contributed by atoms with van der Waals surface area (Å²) in [6.45, 7) is 1.63. The number of anilines is 2. The molecular formula is C22H18BrN7O. The Labute approximate surface area is 186 Å². The minimum atomic E-state index is 0.312. The summed E-state index contributed by atoms with van der Waals surface area (Å²) in [6, 6.07) is 14.3. The Morgan fingerprint density at radius 2 is 2.00 bits per heavy atom. The van der Waals surface area contributed by atoms with Crippen molar-refractivity contribution in [2.24, 2.45) is 0 Å². The van der Waals surface area contributed by atoms with Crippen LogP contribution in [0.3, 0.4) is 0 Å². The third-order valence-corrected chi connectivity index (χ3v) is 6.37. The molecular weight excluding hydrogens is 458 g/mol. The largest absolute Gasteiger partial charge is 0.383 e. The van der Waals surface area contributed by atoms with Crippen molar-refractivity contribution in [1.82, 2.24) is 25.1 Å². The lowest BCUT2D eigenvalue weighted by atomic mass is 10.0. The number of benzene rings is 1. The zero-order valence-electron chi connectivity index (χ0n) is 16.4. The maximum atomic E-state index is 6.19. The second-order valence-electron chi connectivity index (χ2n) is 7.80. The van der Waals surface area contributed by atoms with Crippen molar-refractivity contribution in [3.8, 4) is 22.5 Å². The number of nitrogen functional groups attached to an aromatic ring is 1. The molecule has 5 heterocycles. The first kappa shape index (κ1) is 18.6. The molecule has 2 fully saturated rings. The molecule has 6 rings (SSSR count). The second kappa shape index (κ2) is 7.21. The van der Waals surface area contributed by atoms with Crippen molar-refractivity contribution >= 4 is 38.6 Å². The Hall–Kier alpha value is -3.17. The van der Waals surface area contributed by atoms with Crippen LogP contribution < -0.4 is 10.6 Å². The molecule has 9 heteroatoms. The van der Waals surface area contributed by atoms with Crippen LogP contribution in [0, 0.1) is 0 Å². The minimum absolute atomic E-state index is 0.312. The highest BCUT2D eigenvalue weighted by Gasteiger charge is 2.39. The van der Waals surface area contributed by atoms with Gasteiger partial charge in [0.15, 0.2) is 11.5 Å². The number of hydrogen-bond donors (Lipinski definition) is 1. The lowest BCUT2D eigenvalue weighted by molar-refractivity contribution is 0.0988. The van der Waals surface area contributed by atoms with E-state index >= 15 is 0 Å². The number of pyridine rings is 1. The van der Waals surface area contributed by atoms with E-state index in [9.17, 15) is 0 Å². The van der Waals surface area contributed by atoms with Gasteiger partial charge in [0.25, 0.3) is 0 Å². The van der Waals surface area contributed by atoms with Gasteiger partial charge >= 0.3 is 0 Å². The van der Waals surface area contributed by atoms with Crippen LogP contribution in [0.5, 0.6) is 0 Å². The molecule has 0 spiro atoms. The van der Waals surface area contributed by atoms with Gasteiger partial charge in [-0.25, -0.2) is 15.0 Å². The zero-order valence-corrected chi connectivity index (χ0v) is 18.0. The van der Waals surface area contributed by atoms with Crippen molar-refractivity contribution < 1.29 is 4.74 Å². The monoisotopic (exact) mass is 475 g/mol. The molecule has 0 amide bonds. The van der Waals surface area contributed by atoms with Crippen LogP contribution in [-0.2, 0) is 4.74 Å². The van der Waals surface area contributed by atoms with Gasteiger partial charge in [-0.2, -0.15) is 0 Å². The molecule has 31 heavy (non-hydrogen) atoms. The van der Waals surface area contributed by atoms with Gasteiger partial charge in [-0.05, 0) is 47.9 Å². The summed E-state index contributed by atoms with van der Waals surface area (Å²) in [5, 5.41) is 9.69. The summed E-state index contributed by atoms with van der Waals surface area (Å²) in [5.74, 6) is 1.27. The van der Waals surface area contributed by atoms with Gasteiger partial charge in [-0.15, -0.1) is 10.2 Å². The van der Waals surface area contributed by atoms with Crippen LogP contribution >= 0.6 is 15.9 Å². The van der Waals surface area contributed by atoms with E-state index < -0.39 is 0 Å². The SMILES string of the molecule is Nc1ncnc2nc(-c3ccc(N4C[C@@H]5C[C@H]4CO5)nn3)cc(-c3cccc(Br)c3)c12. The third-order valence-electron chi connectivity index (χ3n) is 5.88. The van der Waals surface area contributed by atoms with Gasteiger partial charge in [0, 0.05) is 11.0 Å². The first-order valence-corrected chi connectivity index (χ1v) is 10.8. The highest BCUT2D eigenvalue weighted by atomic mass is 79.9.